The fourth-order valence-corrected chi connectivity index (χ4v) is 5.21. The highest BCUT2D eigenvalue weighted by Gasteiger charge is 2.62. The van der Waals surface area contributed by atoms with Crippen molar-refractivity contribution in [2.45, 2.75) is 18.3 Å². The maximum Gasteiger partial charge on any atom is 0.261 e. The van der Waals surface area contributed by atoms with E-state index in [0.29, 0.717) is 5.56 Å². The second-order valence-electron chi connectivity index (χ2n) is 8.46. The van der Waals surface area contributed by atoms with Gasteiger partial charge in [0.15, 0.2) is 6.10 Å². The number of carbonyl (C=O) groups excluding carboxylic acids is 2. The molecule has 7 nitrogen and oxygen atoms in total. The number of amides is 2. The largest absolute Gasteiger partial charge is 0.319 e. The highest BCUT2D eigenvalue weighted by Crippen LogP contribution is 2.56. The fourth-order valence-electron chi connectivity index (χ4n) is 5.21. The lowest BCUT2D eigenvalue weighted by Crippen LogP contribution is -2.45. The molecule has 2 fully saturated rings. The summed E-state index contributed by atoms with van der Waals surface area (Å²) >= 11 is 0. The number of imide groups is 1. The van der Waals surface area contributed by atoms with Gasteiger partial charge in [0.25, 0.3) is 5.91 Å². The van der Waals surface area contributed by atoms with Crippen molar-refractivity contribution in [2.24, 2.45) is 5.92 Å². The van der Waals surface area contributed by atoms with Gasteiger partial charge in [0.2, 0.25) is 5.91 Å². The maximum atomic E-state index is 13.1. The standard InChI is InChI=1S/C26H20N4O3/c1-28-25(31)21-22-19-9-5-6-10-20(19)29(18-13-11-16(15-27)12-14-18)24(17-7-3-2-4-8-17)30(22)33-23(21)26(28)32/h2-14,21-24H,1H3/t21-,22-,23+,24-/m1/s1. The van der Waals surface area contributed by atoms with Crippen molar-refractivity contribution in [3.05, 3.63) is 95.6 Å². The van der Waals surface area contributed by atoms with Crippen LogP contribution in [0.15, 0.2) is 78.9 Å². The fraction of sp³-hybridized carbons (Fsp3) is 0.192. The summed E-state index contributed by atoms with van der Waals surface area (Å²) < 4.78 is 0. The highest BCUT2D eigenvalue weighted by molar-refractivity contribution is 6.07. The van der Waals surface area contributed by atoms with Crippen LogP contribution in [0, 0.1) is 17.2 Å². The molecule has 7 heteroatoms. The average molecular weight is 436 g/mol. The molecule has 3 heterocycles. The third kappa shape index (κ3) is 2.75. The molecule has 0 aliphatic carbocycles. The Morgan fingerprint density at radius 2 is 1.58 bits per heavy atom. The Morgan fingerprint density at radius 3 is 2.30 bits per heavy atom. The molecule has 6 rings (SSSR count). The number of anilines is 2. The van der Waals surface area contributed by atoms with Crippen LogP contribution in [-0.4, -0.2) is 34.9 Å². The number of nitrogens with zero attached hydrogens (tertiary/aromatic N) is 4. The summed E-state index contributed by atoms with van der Waals surface area (Å²) in [6, 6.07) is 27.0. The minimum absolute atomic E-state index is 0.217. The molecule has 3 aromatic rings. The van der Waals surface area contributed by atoms with Crippen molar-refractivity contribution in [3.63, 3.8) is 0 Å². The van der Waals surface area contributed by atoms with Crippen molar-refractivity contribution in [3.8, 4) is 6.07 Å². The second-order valence-corrected chi connectivity index (χ2v) is 8.46. The van der Waals surface area contributed by atoms with Crippen LogP contribution >= 0.6 is 0 Å². The lowest BCUT2D eigenvalue weighted by Gasteiger charge is -2.47. The molecule has 3 aromatic carbocycles. The van der Waals surface area contributed by atoms with Gasteiger partial charge in [-0.1, -0.05) is 48.5 Å². The Morgan fingerprint density at radius 1 is 0.879 bits per heavy atom. The molecule has 0 N–H and O–H groups in total. The van der Waals surface area contributed by atoms with E-state index in [4.69, 9.17) is 4.84 Å². The number of hydroxylamine groups is 2. The number of para-hydroxylation sites is 1. The normalized spacial score (nSPS) is 26.1. The SMILES string of the molecule is CN1C(=O)[C@H]2[C@H](ON3[C@@H]2c2ccccc2N(c2ccc(C#N)cc2)[C@H]3c2ccccc2)C1=O. The van der Waals surface area contributed by atoms with Crippen LogP contribution in [-0.2, 0) is 14.4 Å². The predicted molar refractivity (Wildman–Crippen MR) is 120 cm³/mol. The van der Waals surface area contributed by atoms with Crippen LogP contribution in [0.1, 0.15) is 28.9 Å². The molecule has 33 heavy (non-hydrogen) atoms. The number of carbonyl (C=O) groups is 2. The van der Waals surface area contributed by atoms with Crippen LogP contribution < -0.4 is 4.90 Å². The van der Waals surface area contributed by atoms with Crippen molar-refractivity contribution in [2.75, 3.05) is 11.9 Å². The molecule has 2 amide bonds. The van der Waals surface area contributed by atoms with E-state index >= 15 is 0 Å². The third-order valence-electron chi connectivity index (χ3n) is 6.74. The van der Waals surface area contributed by atoms with Gasteiger partial charge >= 0.3 is 0 Å². The minimum Gasteiger partial charge on any atom is -0.319 e. The van der Waals surface area contributed by atoms with Gasteiger partial charge in [-0.05, 0) is 41.5 Å². The monoisotopic (exact) mass is 436 g/mol. The minimum atomic E-state index is -0.840. The average Bonchev–Trinajstić information content (AvgIpc) is 3.36. The molecular weight excluding hydrogens is 416 g/mol. The van der Waals surface area contributed by atoms with Crippen molar-refractivity contribution in [1.29, 1.82) is 5.26 Å². The van der Waals surface area contributed by atoms with E-state index in [9.17, 15) is 14.9 Å². The number of hydrogen-bond acceptors (Lipinski definition) is 6. The Hall–Kier alpha value is -3.99. The van der Waals surface area contributed by atoms with Gasteiger partial charge in [-0.15, -0.1) is 0 Å². The zero-order valence-electron chi connectivity index (χ0n) is 17.8. The summed E-state index contributed by atoms with van der Waals surface area (Å²) in [5.74, 6) is -1.13. The van der Waals surface area contributed by atoms with Gasteiger partial charge < -0.3 is 4.90 Å². The quantitative estimate of drug-likeness (QED) is 0.571. The number of fused-ring (bicyclic) bond motifs is 5. The van der Waals surface area contributed by atoms with Crippen LogP contribution in [0.25, 0.3) is 0 Å². The number of hydrogen-bond donors (Lipinski definition) is 0. The summed E-state index contributed by atoms with van der Waals surface area (Å²) in [6.07, 6.45) is -1.25. The molecule has 4 atom stereocenters. The van der Waals surface area contributed by atoms with Crippen LogP contribution in [0.3, 0.4) is 0 Å². The molecule has 0 saturated carbocycles. The van der Waals surface area contributed by atoms with E-state index in [0.717, 1.165) is 22.5 Å². The highest BCUT2D eigenvalue weighted by atomic mass is 16.7. The molecule has 3 aliphatic rings. The van der Waals surface area contributed by atoms with Crippen molar-refractivity contribution in [1.82, 2.24) is 9.96 Å². The van der Waals surface area contributed by atoms with Gasteiger partial charge in [0.05, 0.1) is 23.6 Å². The van der Waals surface area contributed by atoms with Crippen molar-refractivity contribution < 1.29 is 14.4 Å². The molecule has 2 saturated heterocycles. The topological polar surface area (TPSA) is 76.9 Å². The second kappa shape index (κ2) is 7.27. The van der Waals surface area contributed by atoms with Crippen LogP contribution in [0.5, 0.6) is 0 Å². The summed E-state index contributed by atoms with van der Waals surface area (Å²) in [5.41, 5.74) is 4.29. The number of likely N-dealkylation sites (tertiary alicyclic amines) is 1. The first-order valence-corrected chi connectivity index (χ1v) is 10.8. The number of rotatable bonds is 2. The molecular formula is C26H20N4O3. The van der Waals surface area contributed by atoms with Crippen LogP contribution in [0.2, 0.25) is 0 Å². The van der Waals surface area contributed by atoms with Crippen LogP contribution in [0.4, 0.5) is 11.4 Å². The molecule has 3 aliphatic heterocycles. The van der Waals surface area contributed by atoms with Gasteiger partial charge in [-0.2, -0.15) is 10.3 Å². The summed E-state index contributed by atoms with van der Waals surface area (Å²) in [6.45, 7) is 0. The van der Waals surface area contributed by atoms with E-state index in [2.05, 4.69) is 11.0 Å². The summed E-state index contributed by atoms with van der Waals surface area (Å²) in [7, 11) is 1.52. The van der Waals surface area contributed by atoms with Gasteiger partial charge in [0.1, 0.15) is 6.17 Å². The predicted octanol–water partition coefficient (Wildman–Crippen LogP) is 3.68. The number of benzene rings is 3. The molecule has 0 spiro atoms. The summed E-state index contributed by atoms with van der Waals surface area (Å²) in [5, 5.41) is 11.1. The Kier molecular flexibility index (Phi) is 4.34. The first kappa shape index (κ1) is 19.7. The molecule has 0 aromatic heterocycles. The lowest BCUT2D eigenvalue weighted by atomic mass is 9.86. The van der Waals surface area contributed by atoms with Gasteiger partial charge in [-0.25, -0.2) is 0 Å². The molecule has 0 bridgehead atoms. The van der Waals surface area contributed by atoms with Gasteiger partial charge in [0, 0.05) is 18.4 Å². The van der Waals surface area contributed by atoms with E-state index in [1.54, 1.807) is 12.1 Å². The van der Waals surface area contributed by atoms with Gasteiger partial charge in [-0.3, -0.25) is 19.3 Å². The van der Waals surface area contributed by atoms with E-state index in [-0.39, 0.29) is 11.8 Å². The maximum absolute atomic E-state index is 13.1. The van der Waals surface area contributed by atoms with Crippen molar-refractivity contribution >= 4 is 23.2 Å². The first-order chi connectivity index (χ1) is 16.1. The van der Waals surface area contributed by atoms with E-state index < -0.39 is 24.2 Å². The summed E-state index contributed by atoms with van der Waals surface area (Å²) in [4.78, 5) is 35.5. The Balaban J connectivity index is 1.58. The smallest absolute Gasteiger partial charge is 0.261 e. The Labute approximate surface area is 191 Å². The zero-order chi connectivity index (χ0) is 22.7. The molecule has 162 valence electrons. The zero-order valence-corrected chi connectivity index (χ0v) is 17.8. The lowest BCUT2D eigenvalue weighted by molar-refractivity contribution is -0.200. The first-order valence-electron chi connectivity index (χ1n) is 10.8. The number of nitriles is 1. The van der Waals surface area contributed by atoms with E-state index in [1.165, 1.54) is 11.9 Å². The third-order valence-corrected chi connectivity index (χ3v) is 6.74. The van der Waals surface area contributed by atoms with E-state index in [1.807, 2.05) is 71.8 Å². The molecule has 0 radical (unpaired) electrons. The molecule has 0 unspecified atom stereocenters. The number of likely N-dealkylation sites (N-methyl/N-ethyl adjacent to an activating group) is 1. The Bertz CT molecular complexity index is 1300.